The Morgan fingerprint density at radius 2 is 1.81 bits per heavy atom. The highest BCUT2D eigenvalue weighted by Crippen LogP contribution is 2.46. The van der Waals surface area contributed by atoms with Gasteiger partial charge in [0.15, 0.2) is 0 Å². The number of rotatable bonds is 7. The predicted octanol–water partition coefficient (Wildman–Crippen LogP) is 3.96. The third-order valence-electron chi connectivity index (χ3n) is 7.40. The molecule has 2 aliphatic rings. The van der Waals surface area contributed by atoms with Crippen LogP contribution in [0.5, 0.6) is 0 Å². The molecule has 7 heteroatoms. The molecule has 6 nitrogen and oxygen atoms in total. The lowest BCUT2D eigenvalue weighted by molar-refractivity contribution is -0.313. The fraction of sp³-hybridized carbons (Fsp3) is 0.708. The van der Waals surface area contributed by atoms with Crippen molar-refractivity contribution in [3.63, 3.8) is 0 Å². The van der Waals surface area contributed by atoms with E-state index in [4.69, 9.17) is 4.74 Å². The molecule has 2 aliphatic carbocycles. The molecule has 31 heavy (non-hydrogen) atoms. The third kappa shape index (κ3) is 4.97. The summed E-state index contributed by atoms with van der Waals surface area (Å²) in [6.45, 7) is 8.80. The Morgan fingerprint density at radius 3 is 2.42 bits per heavy atom. The second-order valence-corrected chi connectivity index (χ2v) is 10.6. The third-order valence-corrected chi connectivity index (χ3v) is 8.57. The number of ether oxygens (including phenoxy) is 1. The standard InChI is InChI=1S/C24H35NO5S/c1-5-24(3,4)14-11-12-17-18(13-14)31-21(19(17)23(29)30-6-2)25-20(26)15-9-7-8-10-16(15)22(27)28/h14-16H,5-13H2,1-4H3,(H,25,26)(H,27,28)/p-1/t14-,15+,16+/m0/s1. The number of carboxylic acid groups (broad SMARTS) is 1. The lowest BCUT2D eigenvalue weighted by Crippen LogP contribution is -2.42. The van der Waals surface area contributed by atoms with Gasteiger partial charge in [0.05, 0.1) is 12.2 Å². The highest BCUT2D eigenvalue weighted by Gasteiger charge is 2.37. The molecule has 1 heterocycles. The zero-order valence-electron chi connectivity index (χ0n) is 19.0. The van der Waals surface area contributed by atoms with E-state index in [1.807, 2.05) is 0 Å². The lowest BCUT2D eigenvalue weighted by atomic mass is 9.69. The molecule has 3 atom stereocenters. The van der Waals surface area contributed by atoms with Gasteiger partial charge in [0.1, 0.15) is 5.00 Å². The van der Waals surface area contributed by atoms with Crippen molar-refractivity contribution in [1.82, 2.24) is 0 Å². The first-order valence-corrected chi connectivity index (χ1v) is 12.3. The molecule has 0 saturated heterocycles. The van der Waals surface area contributed by atoms with E-state index in [0.717, 1.165) is 49.0 Å². The number of carboxylic acids is 1. The number of esters is 1. The fourth-order valence-electron chi connectivity index (χ4n) is 4.98. The smallest absolute Gasteiger partial charge is 0.341 e. The van der Waals surface area contributed by atoms with Crippen LogP contribution in [0.4, 0.5) is 5.00 Å². The largest absolute Gasteiger partial charge is 0.550 e. The normalized spacial score (nSPS) is 23.7. The number of nitrogens with one attached hydrogen (secondary N) is 1. The molecule has 1 N–H and O–H groups in total. The zero-order chi connectivity index (χ0) is 22.8. The first-order chi connectivity index (χ1) is 14.7. The molecular weight excluding hydrogens is 414 g/mol. The Balaban J connectivity index is 1.90. The maximum Gasteiger partial charge on any atom is 0.341 e. The number of hydrogen-bond acceptors (Lipinski definition) is 6. The van der Waals surface area contributed by atoms with Gasteiger partial charge in [0.2, 0.25) is 5.91 Å². The van der Waals surface area contributed by atoms with Crippen LogP contribution >= 0.6 is 11.3 Å². The number of anilines is 1. The maximum atomic E-state index is 13.1. The van der Waals surface area contributed by atoms with E-state index in [0.29, 0.717) is 29.3 Å². The summed E-state index contributed by atoms with van der Waals surface area (Å²) in [5, 5.41) is 15.0. The van der Waals surface area contributed by atoms with Crippen molar-refractivity contribution in [2.75, 3.05) is 11.9 Å². The average molecular weight is 449 g/mol. The van der Waals surface area contributed by atoms with Crippen LogP contribution in [0.15, 0.2) is 0 Å². The minimum atomic E-state index is -1.17. The summed E-state index contributed by atoms with van der Waals surface area (Å²) in [6, 6.07) is 0. The van der Waals surface area contributed by atoms with E-state index in [-0.39, 0.29) is 17.9 Å². The number of amides is 1. The first-order valence-electron chi connectivity index (χ1n) is 11.5. The van der Waals surface area contributed by atoms with Gasteiger partial charge < -0.3 is 20.0 Å². The summed E-state index contributed by atoms with van der Waals surface area (Å²) < 4.78 is 5.31. The summed E-state index contributed by atoms with van der Waals surface area (Å²) >= 11 is 1.45. The SMILES string of the molecule is CCOC(=O)c1c(NC(=O)[C@@H]2CCCC[C@H]2C(=O)[O-])sc2c1CC[C@H](C(C)(C)CC)C2. The number of carbonyl (C=O) groups is 3. The molecule has 1 saturated carbocycles. The van der Waals surface area contributed by atoms with Crippen LogP contribution < -0.4 is 10.4 Å². The van der Waals surface area contributed by atoms with Gasteiger partial charge in [-0.25, -0.2) is 4.79 Å². The van der Waals surface area contributed by atoms with Crippen LogP contribution in [0.3, 0.4) is 0 Å². The fourth-order valence-corrected chi connectivity index (χ4v) is 6.30. The van der Waals surface area contributed by atoms with Gasteiger partial charge in [-0.15, -0.1) is 11.3 Å². The molecule has 1 aromatic heterocycles. The minimum absolute atomic E-state index is 0.207. The van der Waals surface area contributed by atoms with E-state index in [9.17, 15) is 19.5 Å². The van der Waals surface area contributed by atoms with Crippen molar-refractivity contribution in [3.05, 3.63) is 16.0 Å². The van der Waals surface area contributed by atoms with Gasteiger partial charge in [-0.2, -0.15) is 0 Å². The van der Waals surface area contributed by atoms with Crippen LogP contribution in [0.2, 0.25) is 0 Å². The highest BCUT2D eigenvalue weighted by atomic mass is 32.1. The Hall–Kier alpha value is -1.89. The number of carbonyl (C=O) groups excluding carboxylic acids is 3. The summed E-state index contributed by atoms with van der Waals surface area (Å²) in [5.41, 5.74) is 1.66. The Bertz CT molecular complexity index is 843. The first kappa shape index (κ1) is 23.8. The highest BCUT2D eigenvalue weighted by molar-refractivity contribution is 7.17. The number of fused-ring (bicyclic) bond motifs is 1. The van der Waals surface area contributed by atoms with E-state index in [2.05, 4.69) is 26.1 Å². The molecule has 0 aliphatic heterocycles. The molecule has 0 unspecified atom stereocenters. The van der Waals surface area contributed by atoms with Crippen LogP contribution in [0.1, 0.15) is 87.0 Å². The summed E-state index contributed by atoms with van der Waals surface area (Å²) in [7, 11) is 0. The average Bonchev–Trinajstić information content (AvgIpc) is 3.10. The van der Waals surface area contributed by atoms with Gasteiger partial charge in [-0.3, -0.25) is 4.79 Å². The molecule has 0 aromatic carbocycles. The number of thiophene rings is 1. The predicted molar refractivity (Wildman–Crippen MR) is 119 cm³/mol. The van der Waals surface area contributed by atoms with E-state index in [1.165, 1.54) is 11.3 Å². The monoisotopic (exact) mass is 448 g/mol. The van der Waals surface area contributed by atoms with Gasteiger partial charge in [0, 0.05) is 22.7 Å². The van der Waals surface area contributed by atoms with Gasteiger partial charge in [0.25, 0.3) is 0 Å². The van der Waals surface area contributed by atoms with Crippen molar-refractivity contribution in [3.8, 4) is 0 Å². The van der Waals surface area contributed by atoms with E-state index >= 15 is 0 Å². The lowest BCUT2D eigenvalue weighted by Gasteiger charge is -2.36. The minimum Gasteiger partial charge on any atom is -0.550 e. The molecule has 3 rings (SSSR count). The second-order valence-electron chi connectivity index (χ2n) is 9.52. The van der Waals surface area contributed by atoms with Crippen molar-refractivity contribution in [2.45, 2.75) is 79.1 Å². The zero-order valence-corrected chi connectivity index (χ0v) is 19.9. The molecule has 1 aromatic rings. The van der Waals surface area contributed by atoms with E-state index in [1.54, 1.807) is 6.92 Å². The van der Waals surface area contributed by atoms with Crippen LogP contribution in [0, 0.1) is 23.2 Å². The van der Waals surface area contributed by atoms with Gasteiger partial charge in [-0.1, -0.05) is 40.0 Å². The quantitative estimate of drug-likeness (QED) is 0.637. The summed E-state index contributed by atoms with van der Waals surface area (Å²) in [5.74, 6) is -2.79. The van der Waals surface area contributed by atoms with Crippen molar-refractivity contribution in [2.24, 2.45) is 23.2 Å². The molecule has 0 bridgehead atoms. The second kappa shape index (κ2) is 9.72. The van der Waals surface area contributed by atoms with Crippen LogP contribution in [0.25, 0.3) is 0 Å². The molecule has 1 fully saturated rings. The summed E-state index contributed by atoms with van der Waals surface area (Å²) in [6.07, 6.45) is 6.35. The van der Waals surface area contributed by atoms with E-state index < -0.39 is 23.8 Å². The van der Waals surface area contributed by atoms with Gasteiger partial charge >= 0.3 is 5.97 Å². The summed E-state index contributed by atoms with van der Waals surface area (Å²) in [4.78, 5) is 38.5. The molecule has 0 spiro atoms. The number of hydrogen-bond donors (Lipinski definition) is 1. The van der Waals surface area contributed by atoms with Gasteiger partial charge in [-0.05, 0) is 55.9 Å². The van der Waals surface area contributed by atoms with Crippen molar-refractivity contribution < 1.29 is 24.2 Å². The molecular formula is C24H34NO5S-. The topological polar surface area (TPSA) is 95.5 Å². The molecule has 0 radical (unpaired) electrons. The Labute approximate surface area is 188 Å². The molecule has 172 valence electrons. The van der Waals surface area contributed by atoms with Crippen molar-refractivity contribution >= 4 is 34.2 Å². The van der Waals surface area contributed by atoms with Crippen molar-refractivity contribution in [1.29, 1.82) is 0 Å². The maximum absolute atomic E-state index is 13.1. The van der Waals surface area contributed by atoms with Crippen LogP contribution in [-0.2, 0) is 27.2 Å². The number of aliphatic carboxylic acids is 1. The Kier molecular flexibility index (Phi) is 7.45. The molecule has 1 amide bonds. The van der Waals surface area contributed by atoms with Crippen LogP contribution in [-0.4, -0.2) is 24.5 Å². The Morgan fingerprint density at radius 1 is 1.13 bits per heavy atom.